The average Bonchev–Trinajstić information content (AvgIpc) is 3.34. The molecule has 154 valence electrons. The molecule has 8 nitrogen and oxygen atoms in total. The first kappa shape index (κ1) is 19.6. The Kier molecular flexibility index (Phi) is 4.76. The van der Waals surface area contributed by atoms with E-state index in [1.165, 1.54) is 22.9 Å². The van der Waals surface area contributed by atoms with E-state index in [1.807, 2.05) is 6.92 Å². The van der Waals surface area contributed by atoms with E-state index in [-0.39, 0.29) is 11.1 Å². The summed E-state index contributed by atoms with van der Waals surface area (Å²) >= 11 is 0. The molecule has 3 aromatic rings. The Balaban J connectivity index is 1.82. The molecule has 30 heavy (non-hydrogen) atoms. The molecule has 0 atom stereocenters. The predicted octanol–water partition coefficient (Wildman–Crippen LogP) is 2.34. The Morgan fingerprint density at radius 1 is 1.20 bits per heavy atom. The first-order valence-electron chi connectivity index (χ1n) is 9.24. The molecule has 1 amide bonds. The van der Waals surface area contributed by atoms with Crippen molar-refractivity contribution < 1.29 is 23.1 Å². The number of rotatable bonds is 6. The van der Waals surface area contributed by atoms with Gasteiger partial charge >= 0.3 is 5.97 Å². The smallest absolute Gasteiger partial charge is 0.339 e. The summed E-state index contributed by atoms with van der Waals surface area (Å²) in [4.78, 5) is 24.3. The number of tetrazole rings is 1. The number of hydrogen-bond donors (Lipinski definition) is 1. The Hall–Kier alpha value is -3.69. The van der Waals surface area contributed by atoms with E-state index in [9.17, 15) is 18.4 Å². The van der Waals surface area contributed by atoms with Crippen LogP contribution >= 0.6 is 0 Å². The van der Waals surface area contributed by atoms with E-state index < -0.39 is 29.1 Å². The van der Waals surface area contributed by atoms with Crippen LogP contribution in [-0.4, -0.2) is 37.7 Å². The molecule has 0 bridgehead atoms. The monoisotopic (exact) mass is 413 g/mol. The Labute approximate surface area is 169 Å². The first-order valence-corrected chi connectivity index (χ1v) is 9.24. The highest BCUT2D eigenvalue weighted by Crippen LogP contribution is 2.40. The molecule has 1 saturated carbocycles. The standard InChI is InChI=1S/C20H17F2N5O3/c1-2-17-24-25-26-27(17)14-8-11(15-4-3-13(21)10-16(15)22)7-12(9-14)18(28)30-20(5-6-20)19(23)29/h3-4,7-10H,2,5-6H2,1H3,(H2,23,29). The van der Waals surface area contributed by atoms with Gasteiger partial charge in [-0.2, -0.15) is 4.68 Å². The van der Waals surface area contributed by atoms with E-state index in [1.54, 1.807) is 6.07 Å². The maximum absolute atomic E-state index is 14.4. The maximum Gasteiger partial charge on any atom is 0.339 e. The number of carbonyl (C=O) groups excluding carboxylic acids is 2. The third-order valence-corrected chi connectivity index (χ3v) is 4.93. The minimum atomic E-state index is -1.31. The zero-order chi connectivity index (χ0) is 21.5. The summed E-state index contributed by atoms with van der Waals surface area (Å²) in [5, 5.41) is 11.5. The third kappa shape index (κ3) is 3.51. The molecule has 1 fully saturated rings. The molecule has 1 aliphatic carbocycles. The molecule has 1 aliphatic rings. The van der Waals surface area contributed by atoms with Crippen LogP contribution in [0.5, 0.6) is 0 Å². The van der Waals surface area contributed by atoms with Gasteiger partial charge in [0, 0.05) is 30.9 Å². The lowest BCUT2D eigenvalue weighted by atomic mass is 10.0. The van der Waals surface area contributed by atoms with Crippen LogP contribution in [0.15, 0.2) is 36.4 Å². The molecular formula is C20H17F2N5O3. The fourth-order valence-electron chi connectivity index (χ4n) is 3.11. The van der Waals surface area contributed by atoms with Crippen LogP contribution in [-0.2, 0) is 16.0 Å². The molecule has 2 N–H and O–H groups in total. The van der Waals surface area contributed by atoms with Crippen molar-refractivity contribution in [1.29, 1.82) is 0 Å². The molecule has 10 heteroatoms. The highest BCUT2D eigenvalue weighted by atomic mass is 19.1. The number of amides is 1. The summed E-state index contributed by atoms with van der Waals surface area (Å²) in [6.07, 6.45) is 1.20. The third-order valence-electron chi connectivity index (χ3n) is 4.93. The highest BCUT2D eigenvalue weighted by molar-refractivity contribution is 5.96. The molecule has 4 rings (SSSR count). The first-order chi connectivity index (χ1) is 14.3. The van der Waals surface area contributed by atoms with Gasteiger partial charge in [0.25, 0.3) is 5.91 Å². The van der Waals surface area contributed by atoms with E-state index in [4.69, 9.17) is 10.5 Å². The number of primary amides is 1. The fraction of sp³-hybridized carbons (Fsp3) is 0.250. The van der Waals surface area contributed by atoms with Crippen LogP contribution in [0.25, 0.3) is 16.8 Å². The summed E-state index contributed by atoms with van der Waals surface area (Å²) in [5.41, 5.74) is 4.82. The normalized spacial score (nSPS) is 14.4. The van der Waals surface area contributed by atoms with E-state index in [2.05, 4.69) is 15.5 Å². The molecule has 1 heterocycles. The van der Waals surface area contributed by atoms with Crippen LogP contribution in [0, 0.1) is 11.6 Å². The molecular weight excluding hydrogens is 396 g/mol. The lowest BCUT2D eigenvalue weighted by Gasteiger charge is -2.15. The summed E-state index contributed by atoms with van der Waals surface area (Å²) in [7, 11) is 0. The minimum absolute atomic E-state index is 0.0521. The molecule has 2 aromatic carbocycles. The number of nitrogens with zero attached hydrogens (tertiary/aromatic N) is 4. The van der Waals surface area contributed by atoms with Crippen LogP contribution in [0.3, 0.4) is 0 Å². The summed E-state index contributed by atoms with van der Waals surface area (Å²) < 4.78 is 34.5. The average molecular weight is 413 g/mol. The van der Waals surface area contributed by atoms with Crippen LogP contribution in [0.4, 0.5) is 8.78 Å². The number of hydrogen-bond acceptors (Lipinski definition) is 6. The summed E-state index contributed by atoms with van der Waals surface area (Å²) in [5.74, 6) is -2.51. The summed E-state index contributed by atoms with van der Waals surface area (Å²) in [6, 6.07) is 7.58. The van der Waals surface area contributed by atoms with E-state index in [0.29, 0.717) is 36.3 Å². The van der Waals surface area contributed by atoms with Gasteiger partial charge in [0.15, 0.2) is 11.4 Å². The molecule has 0 unspecified atom stereocenters. The number of nitrogens with two attached hydrogens (primary N) is 1. The van der Waals surface area contributed by atoms with Gasteiger partial charge in [-0.3, -0.25) is 4.79 Å². The molecule has 0 spiro atoms. The fourth-order valence-corrected chi connectivity index (χ4v) is 3.11. The van der Waals surface area contributed by atoms with Gasteiger partial charge in [-0.05, 0) is 46.3 Å². The van der Waals surface area contributed by atoms with Crippen molar-refractivity contribution in [3.63, 3.8) is 0 Å². The lowest BCUT2D eigenvalue weighted by Crippen LogP contribution is -2.35. The van der Waals surface area contributed by atoms with Gasteiger partial charge in [0.1, 0.15) is 11.6 Å². The van der Waals surface area contributed by atoms with Gasteiger partial charge in [-0.15, -0.1) is 5.10 Å². The zero-order valence-corrected chi connectivity index (χ0v) is 15.9. The highest BCUT2D eigenvalue weighted by Gasteiger charge is 2.53. The second-order valence-electron chi connectivity index (χ2n) is 7.00. The van der Waals surface area contributed by atoms with Crippen LogP contribution < -0.4 is 5.73 Å². The van der Waals surface area contributed by atoms with Gasteiger partial charge in [-0.1, -0.05) is 6.92 Å². The van der Waals surface area contributed by atoms with Crippen molar-refractivity contribution in [3.8, 4) is 16.8 Å². The van der Waals surface area contributed by atoms with Crippen molar-refractivity contribution in [2.45, 2.75) is 31.8 Å². The van der Waals surface area contributed by atoms with E-state index in [0.717, 1.165) is 12.1 Å². The van der Waals surface area contributed by atoms with Crippen molar-refractivity contribution in [2.75, 3.05) is 0 Å². The molecule has 0 aliphatic heterocycles. The second kappa shape index (κ2) is 7.29. The number of halogens is 2. The largest absolute Gasteiger partial charge is 0.445 e. The molecule has 0 saturated heterocycles. The predicted molar refractivity (Wildman–Crippen MR) is 100 cm³/mol. The number of ether oxygens (including phenoxy) is 1. The quantitative estimate of drug-likeness (QED) is 0.621. The van der Waals surface area contributed by atoms with Gasteiger partial charge in [0.05, 0.1) is 11.3 Å². The number of benzene rings is 2. The Morgan fingerprint density at radius 3 is 2.60 bits per heavy atom. The second-order valence-corrected chi connectivity index (χ2v) is 7.00. The van der Waals surface area contributed by atoms with Crippen LogP contribution in [0.1, 0.15) is 35.9 Å². The van der Waals surface area contributed by atoms with Crippen molar-refractivity contribution >= 4 is 11.9 Å². The number of aryl methyl sites for hydroxylation is 1. The van der Waals surface area contributed by atoms with Gasteiger partial charge in [-0.25, -0.2) is 13.6 Å². The lowest BCUT2D eigenvalue weighted by molar-refractivity contribution is -0.128. The van der Waals surface area contributed by atoms with Crippen molar-refractivity contribution in [1.82, 2.24) is 20.2 Å². The maximum atomic E-state index is 14.4. The van der Waals surface area contributed by atoms with Crippen molar-refractivity contribution in [3.05, 3.63) is 59.4 Å². The van der Waals surface area contributed by atoms with Crippen molar-refractivity contribution in [2.24, 2.45) is 5.73 Å². The Morgan fingerprint density at radius 2 is 1.97 bits per heavy atom. The number of esters is 1. The minimum Gasteiger partial charge on any atom is -0.445 e. The van der Waals surface area contributed by atoms with Gasteiger partial charge in [0.2, 0.25) is 0 Å². The van der Waals surface area contributed by atoms with Gasteiger partial charge < -0.3 is 10.5 Å². The Bertz CT molecular complexity index is 1160. The zero-order valence-electron chi connectivity index (χ0n) is 15.9. The van der Waals surface area contributed by atoms with Crippen LogP contribution in [0.2, 0.25) is 0 Å². The molecule has 0 radical (unpaired) electrons. The number of aromatic nitrogens is 4. The summed E-state index contributed by atoms with van der Waals surface area (Å²) in [6.45, 7) is 1.85. The van der Waals surface area contributed by atoms with E-state index >= 15 is 0 Å². The molecule has 1 aromatic heterocycles. The SMILES string of the molecule is CCc1nnnn1-c1cc(C(=O)OC2(C(N)=O)CC2)cc(-c2ccc(F)cc2F)c1. The topological polar surface area (TPSA) is 113 Å². The number of carbonyl (C=O) groups is 2.